The highest BCUT2D eigenvalue weighted by Crippen LogP contribution is 2.17. The fourth-order valence-corrected chi connectivity index (χ4v) is 2.35. The zero-order valence-electron chi connectivity index (χ0n) is 11.6. The summed E-state index contributed by atoms with van der Waals surface area (Å²) in [5.41, 5.74) is 1.09. The van der Waals surface area contributed by atoms with Crippen LogP contribution >= 0.6 is 11.6 Å². The summed E-state index contributed by atoms with van der Waals surface area (Å²) >= 11 is 6.17. The number of halogens is 1. The molecule has 0 aliphatic heterocycles. The molecule has 5 heteroatoms. The molecule has 1 N–H and O–H groups in total. The van der Waals surface area contributed by atoms with Gasteiger partial charge in [0.15, 0.2) is 0 Å². The van der Waals surface area contributed by atoms with Crippen LogP contribution < -0.4 is 0 Å². The van der Waals surface area contributed by atoms with Crippen molar-refractivity contribution in [1.29, 1.82) is 0 Å². The number of likely N-dealkylation sites (N-methyl/N-ethyl adjacent to an activating group) is 1. The van der Waals surface area contributed by atoms with Gasteiger partial charge < -0.3 is 5.11 Å². The zero-order valence-corrected chi connectivity index (χ0v) is 12.4. The molecule has 2 rings (SSSR count). The van der Waals surface area contributed by atoms with Gasteiger partial charge in [-0.15, -0.1) is 0 Å². The first-order valence-corrected chi connectivity index (χ1v) is 7.18. The number of hydrogen-bond donors (Lipinski definition) is 1. The molecule has 0 fully saturated rings. The number of hydrogen-bond acceptors (Lipinski definition) is 3. The average Bonchev–Trinajstić information content (AvgIpc) is 2.93. The van der Waals surface area contributed by atoms with Crippen molar-refractivity contribution in [3.05, 3.63) is 53.3 Å². The molecule has 0 saturated carbocycles. The lowest BCUT2D eigenvalue weighted by Gasteiger charge is -2.24. The van der Waals surface area contributed by atoms with Gasteiger partial charge in [0.2, 0.25) is 0 Å². The van der Waals surface area contributed by atoms with E-state index < -0.39 is 6.10 Å². The third-order valence-corrected chi connectivity index (χ3v) is 3.59. The summed E-state index contributed by atoms with van der Waals surface area (Å²) in [5, 5.41) is 15.0. The van der Waals surface area contributed by atoms with Crippen LogP contribution in [0.25, 0.3) is 0 Å². The number of aromatic nitrogens is 2. The van der Waals surface area contributed by atoms with Gasteiger partial charge in [0.05, 0.1) is 12.6 Å². The minimum absolute atomic E-state index is 0.447. The van der Waals surface area contributed by atoms with E-state index in [9.17, 15) is 5.11 Å². The number of benzene rings is 1. The SMILES string of the molecule is CCN(Cc1ccccc1Cl)C[C@H](O)Cn1cccn1. The normalized spacial score (nSPS) is 12.8. The van der Waals surface area contributed by atoms with Crippen LogP contribution in [0, 0.1) is 0 Å². The molecule has 0 unspecified atom stereocenters. The van der Waals surface area contributed by atoms with Crippen molar-refractivity contribution in [2.75, 3.05) is 13.1 Å². The number of aliphatic hydroxyl groups is 1. The Bertz CT molecular complexity index is 516. The molecule has 1 aromatic heterocycles. The lowest BCUT2D eigenvalue weighted by Crippen LogP contribution is -2.34. The first-order valence-electron chi connectivity index (χ1n) is 6.80. The van der Waals surface area contributed by atoms with Crippen LogP contribution in [-0.4, -0.2) is 39.0 Å². The minimum atomic E-state index is -0.447. The van der Waals surface area contributed by atoms with E-state index in [1.54, 1.807) is 10.9 Å². The summed E-state index contributed by atoms with van der Waals surface area (Å²) in [7, 11) is 0. The molecule has 2 aromatic rings. The van der Waals surface area contributed by atoms with E-state index in [1.165, 1.54) is 0 Å². The van der Waals surface area contributed by atoms with Gasteiger partial charge in [-0.05, 0) is 24.2 Å². The van der Waals surface area contributed by atoms with Crippen molar-refractivity contribution in [3.63, 3.8) is 0 Å². The van der Waals surface area contributed by atoms with Crippen LogP contribution in [-0.2, 0) is 13.1 Å². The average molecular weight is 294 g/mol. The molecule has 0 radical (unpaired) electrons. The highest BCUT2D eigenvalue weighted by molar-refractivity contribution is 6.31. The minimum Gasteiger partial charge on any atom is -0.390 e. The van der Waals surface area contributed by atoms with Gasteiger partial charge >= 0.3 is 0 Å². The Kier molecular flexibility index (Phi) is 5.59. The van der Waals surface area contributed by atoms with Gasteiger partial charge in [0.1, 0.15) is 0 Å². The van der Waals surface area contributed by atoms with Gasteiger partial charge in [-0.3, -0.25) is 9.58 Å². The number of rotatable bonds is 7. The topological polar surface area (TPSA) is 41.3 Å². The Balaban J connectivity index is 1.90. The van der Waals surface area contributed by atoms with Crippen LogP contribution in [0.3, 0.4) is 0 Å². The Labute approximate surface area is 124 Å². The van der Waals surface area contributed by atoms with E-state index in [2.05, 4.69) is 16.9 Å². The highest BCUT2D eigenvalue weighted by atomic mass is 35.5. The summed E-state index contributed by atoms with van der Waals surface area (Å²) in [5.74, 6) is 0. The molecule has 0 spiro atoms. The molecule has 1 heterocycles. The summed E-state index contributed by atoms with van der Waals surface area (Å²) in [6.45, 7) is 4.79. The van der Waals surface area contributed by atoms with Crippen LogP contribution in [0.2, 0.25) is 5.02 Å². The van der Waals surface area contributed by atoms with Crippen molar-refractivity contribution < 1.29 is 5.11 Å². The molecule has 0 bridgehead atoms. The van der Waals surface area contributed by atoms with E-state index >= 15 is 0 Å². The fraction of sp³-hybridized carbons (Fsp3) is 0.400. The summed E-state index contributed by atoms with van der Waals surface area (Å²) in [6, 6.07) is 9.67. The van der Waals surface area contributed by atoms with Gasteiger partial charge in [-0.25, -0.2) is 0 Å². The van der Waals surface area contributed by atoms with Crippen molar-refractivity contribution in [2.45, 2.75) is 26.1 Å². The van der Waals surface area contributed by atoms with Gasteiger partial charge in [-0.1, -0.05) is 36.7 Å². The second kappa shape index (κ2) is 7.43. The van der Waals surface area contributed by atoms with Gasteiger partial charge in [0, 0.05) is 30.5 Å². The molecule has 4 nitrogen and oxygen atoms in total. The molecule has 0 amide bonds. The van der Waals surface area contributed by atoms with E-state index in [1.807, 2.05) is 36.5 Å². The highest BCUT2D eigenvalue weighted by Gasteiger charge is 2.12. The monoisotopic (exact) mass is 293 g/mol. The van der Waals surface area contributed by atoms with Gasteiger partial charge in [-0.2, -0.15) is 5.10 Å². The molecule has 20 heavy (non-hydrogen) atoms. The number of aliphatic hydroxyl groups excluding tert-OH is 1. The lowest BCUT2D eigenvalue weighted by atomic mass is 10.2. The van der Waals surface area contributed by atoms with Crippen molar-refractivity contribution in [3.8, 4) is 0 Å². The summed E-state index contributed by atoms with van der Waals surface area (Å²) < 4.78 is 1.74. The molecule has 108 valence electrons. The predicted octanol–water partition coefficient (Wildman–Crippen LogP) is 2.42. The Hall–Kier alpha value is -1.36. The Morgan fingerprint density at radius 2 is 2.15 bits per heavy atom. The van der Waals surface area contributed by atoms with Crippen molar-refractivity contribution >= 4 is 11.6 Å². The van der Waals surface area contributed by atoms with E-state index in [0.717, 1.165) is 23.7 Å². The largest absolute Gasteiger partial charge is 0.390 e. The van der Waals surface area contributed by atoms with Crippen LogP contribution in [0.5, 0.6) is 0 Å². The quantitative estimate of drug-likeness (QED) is 0.852. The first-order chi connectivity index (χ1) is 9.69. The molecule has 1 aromatic carbocycles. The molecule has 0 aliphatic carbocycles. The number of nitrogens with zero attached hydrogens (tertiary/aromatic N) is 3. The predicted molar refractivity (Wildman–Crippen MR) is 80.6 cm³/mol. The van der Waals surface area contributed by atoms with Crippen molar-refractivity contribution in [1.82, 2.24) is 14.7 Å². The Morgan fingerprint density at radius 1 is 1.35 bits per heavy atom. The second-order valence-corrected chi connectivity index (χ2v) is 5.21. The van der Waals surface area contributed by atoms with Crippen LogP contribution in [0.1, 0.15) is 12.5 Å². The maximum Gasteiger partial charge on any atom is 0.0862 e. The summed E-state index contributed by atoms with van der Waals surface area (Å²) in [6.07, 6.45) is 3.12. The maximum atomic E-state index is 10.1. The molecular weight excluding hydrogens is 274 g/mol. The zero-order chi connectivity index (χ0) is 14.4. The first kappa shape index (κ1) is 15.0. The van der Waals surface area contributed by atoms with E-state index in [0.29, 0.717) is 13.1 Å². The van der Waals surface area contributed by atoms with Crippen LogP contribution in [0.15, 0.2) is 42.7 Å². The van der Waals surface area contributed by atoms with E-state index in [-0.39, 0.29) is 0 Å². The smallest absolute Gasteiger partial charge is 0.0862 e. The third kappa shape index (κ3) is 4.34. The molecule has 1 atom stereocenters. The summed E-state index contributed by atoms with van der Waals surface area (Å²) in [4.78, 5) is 2.18. The third-order valence-electron chi connectivity index (χ3n) is 3.22. The standard InChI is InChI=1S/C15H20ClN3O/c1-2-18(10-13-6-3-4-7-15(13)16)11-14(20)12-19-9-5-8-17-19/h3-9,14,20H,2,10-12H2,1H3/t14-/m0/s1. The molecule has 0 aliphatic rings. The second-order valence-electron chi connectivity index (χ2n) is 4.80. The van der Waals surface area contributed by atoms with Crippen LogP contribution in [0.4, 0.5) is 0 Å². The molecular formula is C15H20ClN3O. The fourth-order valence-electron chi connectivity index (χ4n) is 2.15. The Morgan fingerprint density at radius 3 is 2.80 bits per heavy atom. The molecule has 0 saturated heterocycles. The van der Waals surface area contributed by atoms with Crippen molar-refractivity contribution in [2.24, 2.45) is 0 Å². The van der Waals surface area contributed by atoms with E-state index in [4.69, 9.17) is 11.6 Å². The van der Waals surface area contributed by atoms with Gasteiger partial charge in [0.25, 0.3) is 0 Å². The maximum absolute atomic E-state index is 10.1. The lowest BCUT2D eigenvalue weighted by molar-refractivity contribution is 0.0941.